The molecule has 206 valence electrons. The molecule has 0 aromatic heterocycles. The van der Waals surface area contributed by atoms with Crippen molar-refractivity contribution in [3.05, 3.63) is 157 Å². The molecule has 0 saturated carbocycles. The Hall–Kier alpha value is -5.56. The van der Waals surface area contributed by atoms with Crippen LogP contribution in [-0.4, -0.2) is 36.7 Å². The van der Waals surface area contributed by atoms with Gasteiger partial charge in [-0.3, -0.25) is 9.59 Å². The summed E-state index contributed by atoms with van der Waals surface area (Å²) in [6, 6.07) is 31.3. The maximum absolute atomic E-state index is 12.2. The smallest absolute Gasteiger partial charge is 0.335 e. The molecule has 0 aliphatic carbocycles. The minimum absolute atomic E-state index is 0.0351. The molecule has 4 aromatic carbocycles. The number of ether oxygens (including phenoxy) is 3. The molecule has 0 fully saturated rings. The van der Waals surface area contributed by atoms with Crippen molar-refractivity contribution in [2.45, 2.75) is 0 Å². The molecule has 0 N–H and O–H groups in total. The predicted octanol–water partition coefficient (Wildman–Crippen LogP) is 6.03. The molecule has 0 unspecified atom stereocenters. The Bertz CT molecular complexity index is 1470. The lowest BCUT2D eigenvalue weighted by molar-refractivity contribution is -0.138. The van der Waals surface area contributed by atoms with E-state index in [1.807, 2.05) is 36.4 Å². The largest absolute Gasteiger partial charge is 0.490 e. The number of esters is 2. The van der Waals surface area contributed by atoms with Gasteiger partial charge in [0.05, 0.1) is 0 Å². The van der Waals surface area contributed by atoms with Crippen molar-refractivity contribution in [2.24, 2.45) is 0 Å². The van der Waals surface area contributed by atoms with Crippen LogP contribution in [0.5, 0.6) is 11.5 Å². The summed E-state index contributed by atoms with van der Waals surface area (Å²) in [5.74, 6) is -0.113. The number of ketones is 2. The van der Waals surface area contributed by atoms with E-state index in [4.69, 9.17) is 14.2 Å². The van der Waals surface area contributed by atoms with Gasteiger partial charge in [-0.2, -0.15) is 0 Å². The van der Waals surface area contributed by atoms with Crippen LogP contribution in [-0.2, 0) is 14.3 Å². The summed E-state index contributed by atoms with van der Waals surface area (Å²) >= 11 is 0. The molecule has 0 atom stereocenters. The molecule has 41 heavy (non-hydrogen) atoms. The molecule has 4 rings (SSSR count). The summed E-state index contributed by atoms with van der Waals surface area (Å²) in [4.78, 5) is 46.2. The van der Waals surface area contributed by atoms with Crippen LogP contribution < -0.4 is 9.47 Å². The van der Waals surface area contributed by atoms with Crippen molar-refractivity contribution in [2.75, 3.05) is 13.2 Å². The third-order valence-corrected chi connectivity index (χ3v) is 5.45. The van der Waals surface area contributed by atoms with Crippen LogP contribution in [0.25, 0.3) is 0 Å². The highest BCUT2D eigenvalue weighted by Gasteiger charge is 2.10. The van der Waals surface area contributed by atoms with Gasteiger partial charge >= 0.3 is 11.9 Å². The van der Waals surface area contributed by atoms with Gasteiger partial charge in [-0.25, -0.2) is 9.59 Å². The molecule has 0 heterocycles. The highest BCUT2D eigenvalue weighted by molar-refractivity contribution is 6.09. The Morgan fingerprint density at radius 2 is 0.927 bits per heavy atom. The number of hydrogen-bond acceptors (Lipinski definition) is 7. The summed E-state index contributed by atoms with van der Waals surface area (Å²) in [7, 11) is 0. The van der Waals surface area contributed by atoms with E-state index in [-0.39, 0.29) is 24.8 Å². The van der Waals surface area contributed by atoms with Crippen LogP contribution >= 0.6 is 0 Å². The van der Waals surface area contributed by atoms with Crippen LogP contribution in [0.4, 0.5) is 0 Å². The lowest BCUT2D eigenvalue weighted by Gasteiger charge is -2.07. The number of rotatable bonds is 11. The second kappa shape index (κ2) is 15.8. The first kappa shape index (κ1) is 30.0. The van der Waals surface area contributed by atoms with E-state index in [9.17, 15) is 19.2 Å². The Morgan fingerprint density at radius 1 is 0.512 bits per heavy atom. The fourth-order valence-electron chi connectivity index (χ4n) is 3.41. The molecule has 0 aliphatic rings. The normalized spacial score (nSPS) is 9.76. The van der Waals surface area contributed by atoms with Crippen LogP contribution in [0, 0.1) is 0 Å². The highest BCUT2D eigenvalue weighted by Crippen LogP contribution is 2.17. The Balaban J connectivity index is 0.000000228. The fraction of sp³-hybridized carbons (Fsp3) is 0.0588. The average molecular weight is 549 g/mol. The second-order valence-electron chi connectivity index (χ2n) is 8.28. The first-order chi connectivity index (χ1) is 19.9. The van der Waals surface area contributed by atoms with E-state index in [1.165, 1.54) is 0 Å². The number of carbonyl (C=O) groups is 4. The SMILES string of the molecule is C=CC(=O)OCCOc1ccc(C(=O)c2ccccc2)cc1.C=CC(=O)Oc1ccc(C(=O)c2ccccc2)cc1. The maximum atomic E-state index is 12.2. The van der Waals surface area contributed by atoms with Crippen molar-refractivity contribution in [3.8, 4) is 11.5 Å². The van der Waals surface area contributed by atoms with Gasteiger partial charge in [-0.15, -0.1) is 0 Å². The summed E-state index contributed by atoms with van der Waals surface area (Å²) in [5.41, 5.74) is 2.41. The topological polar surface area (TPSA) is 96.0 Å². The number of carbonyl (C=O) groups excluding carboxylic acids is 4. The standard InChI is InChI=1S/C18H16O4.C16H12O3/c1-2-17(19)22-13-12-21-16-10-8-15(9-11-16)18(20)14-6-4-3-5-7-14;1-2-15(17)19-14-10-8-13(9-11-14)16(18)12-6-4-3-5-7-12/h2-11H,1,12-13H2;2-11H,1H2. The van der Waals surface area contributed by atoms with Gasteiger partial charge in [0.25, 0.3) is 0 Å². The maximum Gasteiger partial charge on any atom is 0.335 e. The van der Waals surface area contributed by atoms with E-state index in [1.54, 1.807) is 72.8 Å². The molecule has 7 heteroatoms. The zero-order valence-electron chi connectivity index (χ0n) is 22.2. The summed E-state index contributed by atoms with van der Waals surface area (Å²) in [6.07, 6.45) is 2.19. The summed E-state index contributed by atoms with van der Waals surface area (Å²) in [5, 5.41) is 0. The van der Waals surface area contributed by atoms with E-state index >= 15 is 0 Å². The van der Waals surface area contributed by atoms with Crippen LogP contribution in [0.2, 0.25) is 0 Å². The molecular weight excluding hydrogens is 520 g/mol. The van der Waals surface area contributed by atoms with Crippen molar-refractivity contribution in [1.82, 2.24) is 0 Å². The third-order valence-electron chi connectivity index (χ3n) is 5.45. The molecule has 7 nitrogen and oxygen atoms in total. The lowest BCUT2D eigenvalue weighted by atomic mass is 10.0. The van der Waals surface area contributed by atoms with Gasteiger partial charge < -0.3 is 14.2 Å². The first-order valence-corrected chi connectivity index (χ1v) is 12.6. The molecule has 0 amide bonds. The molecule has 4 aromatic rings. The predicted molar refractivity (Wildman–Crippen MR) is 155 cm³/mol. The van der Waals surface area contributed by atoms with Gasteiger partial charge in [0.15, 0.2) is 11.6 Å². The van der Waals surface area contributed by atoms with Crippen LogP contribution in [0.1, 0.15) is 31.8 Å². The van der Waals surface area contributed by atoms with Gasteiger partial charge in [-0.1, -0.05) is 73.8 Å². The van der Waals surface area contributed by atoms with E-state index in [0.29, 0.717) is 33.8 Å². The molecule has 0 saturated heterocycles. The van der Waals surface area contributed by atoms with Crippen LogP contribution in [0.15, 0.2) is 135 Å². The molecule has 0 bridgehead atoms. The monoisotopic (exact) mass is 548 g/mol. The van der Waals surface area contributed by atoms with Gasteiger partial charge in [0.2, 0.25) is 0 Å². The summed E-state index contributed by atoms with van der Waals surface area (Å²) < 4.78 is 15.2. The van der Waals surface area contributed by atoms with Crippen molar-refractivity contribution in [3.63, 3.8) is 0 Å². The van der Waals surface area contributed by atoms with Crippen molar-refractivity contribution in [1.29, 1.82) is 0 Å². The third kappa shape index (κ3) is 9.60. The summed E-state index contributed by atoms with van der Waals surface area (Å²) in [6.45, 7) is 7.00. The first-order valence-electron chi connectivity index (χ1n) is 12.6. The van der Waals surface area contributed by atoms with Gasteiger partial charge in [0, 0.05) is 34.4 Å². The molecule has 0 aliphatic heterocycles. The van der Waals surface area contributed by atoms with Crippen molar-refractivity contribution >= 4 is 23.5 Å². The fourth-order valence-corrected chi connectivity index (χ4v) is 3.41. The van der Waals surface area contributed by atoms with E-state index < -0.39 is 11.9 Å². The van der Waals surface area contributed by atoms with E-state index in [2.05, 4.69) is 13.2 Å². The Labute approximate surface area is 238 Å². The highest BCUT2D eigenvalue weighted by atomic mass is 16.6. The average Bonchev–Trinajstić information content (AvgIpc) is 3.04. The second-order valence-corrected chi connectivity index (χ2v) is 8.28. The zero-order valence-corrected chi connectivity index (χ0v) is 22.2. The lowest BCUT2D eigenvalue weighted by Crippen LogP contribution is -2.10. The molecular formula is C34H28O7. The van der Waals surface area contributed by atoms with E-state index in [0.717, 1.165) is 12.2 Å². The zero-order chi connectivity index (χ0) is 29.5. The van der Waals surface area contributed by atoms with Gasteiger partial charge in [0.1, 0.15) is 24.7 Å². The quantitative estimate of drug-likeness (QED) is 0.0742. The van der Waals surface area contributed by atoms with Gasteiger partial charge in [-0.05, 0) is 48.5 Å². The van der Waals surface area contributed by atoms with Crippen molar-refractivity contribution < 1.29 is 33.4 Å². The molecule has 0 radical (unpaired) electrons. The Morgan fingerprint density at radius 3 is 1.37 bits per heavy atom. The Kier molecular flexibility index (Phi) is 11.5. The minimum Gasteiger partial charge on any atom is -0.490 e. The van der Waals surface area contributed by atoms with Crippen LogP contribution in [0.3, 0.4) is 0 Å². The molecule has 0 spiro atoms. The number of hydrogen-bond donors (Lipinski definition) is 0. The minimum atomic E-state index is -0.526. The number of benzene rings is 4.